The number of rotatable bonds is 2. The summed E-state index contributed by atoms with van der Waals surface area (Å²) in [4.78, 5) is 25.4. The van der Waals surface area contributed by atoms with E-state index in [1.807, 2.05) is 22.8 Å². The van der Waals surface area contributed by atoms with Gasteiger partial charge >= 0.3 is 0 Å². The Labute approximate surface area is 147 Å². The summed E-state index contributed by atoms with van der Waals surface area (Å²) in [7, 11) is 0. The number of anilines is 1. The van der Waals surface area contributed by atoms with Gasteiger partial charge in [-0.3, -0.25) is 9.59 Å². The Kier molecular flexibility index (Phi) is 3.73. The van der Waals surface area contributed by atoms with Crippen molar-refractivity contribution in [2.24, 2.45) is 0 Å². The maximum absolute atomic E-state index is 12.8. The van der Waals surface area contributed by atoms with Gasteiger partial charge in [0.2, 0.25) is 5.43 Å². The van der Waals surface area contributed by atoms with E-state index in [1.54, 1.807) is 24.4 Å². The van der Waals surface area contributed by atoms with Crippen molar-refractivity contribution in [3.63, 3.8) is 0 Å². The van der Waals surface area contributed by atoms with Crippen molar-refractivity contribution in [2.45, 2.75) is 19.4 Å². The Balaban J connectivity index is 1.80. The first-order chi connectivity index (χ1) is 11.6. The predicted molar refractivity (Wildman–Crippen MR) is 98.6 cm³/mol. The lowest BCUT2D eigenvalue weighted by Crippen LogP contribution is -2.25. The zero-order valence-corrected chi connectivity index (χ0v) is 14.5. The summed E-state index contributed by atoms with van der Waals surface area (Å²) in [5.74, 6) is -0.371. The van der Waals surface area contributed by atoms with E-state index in [9.17, 15) is 9.59 Å². The number of aromatic nitrogens is 1. The number of aryl methyl sites for hydroxylation is 2. The van der Waals surface area contributed by atoms with Crippen molar-refractivity contribution in [1.82, 2.24) is 4.57 Å². The molecular weight excluding hydrogens is 368 g/mol. The van der Waals surface area contributed by atoms with Gasteiger partial charge in [0.25, 0.3) is 5.91 Å². The van der Waals surface area contributed by atoms with Crippen LogP contribution in [0.4, 0.5) is 5.69 Å². The number of benzene rings is 2. The van der Waals surface area contributed by atoms with Crippen molar-refractivity contribution < 1.29 is 4.79 Å². The van der Waals surface area contributed by atoms with Crippen LogP contribution in [0.15, 0.2) is 57.9 Å². The molecule has 24 heavy (non-hydrogen) atoms. The van der Waals surface area contributed by atoms with Gasteiger partial charge in [0.05, 0.1) is 5.52 Å². The molecule has 0 saturated carbocycles. The summed E-state index contributed by atoms with van der Waals surface area (Å²) in [6.07, 6.45) is 3.69. The molecule has 1 amide bonds. The average molecular weight is 383 g/mol. The molecule has 5 heteroatoms. The minimum atomic E-state index is -0.371. The molecule has 1 N–H and O–H groups in total. The smallest absolute Gasteiger partial charge is 0.261 e. The molecule has 0 aliphatic carbocycles. The highest BCUT2D eigenvalue weighted by Crippen LogP contribution is 2.23. The van der Waals surface area contributed by atoms with Gasteiger partial charge in [-0.2, -0.15) is 0 Å². The summed E-state index contributed by atoms with van der Waals surface area (Å²) in [5.41, 5.74) is 2.78. The van der Waals surface area contributed by atoms with Gasteiger partial charge in [0.1, 0.15) is 5.56 Å². The highest BCUT2D eigenvalue weighted by atomic mass is 79.9. The first-order valence-corrected chi connectivity index (χ1v) is 8.65. The Morgan fingerprint density at radius 3 is 2.71 bits per heavy atom. The third-order valence-electron chi connectivity index (χ3n) is 4.37. The topological polar surface area (TPSA) is 51.1 Å². The summed E-state index contributed by atoms with van der Waals surface area (Å²) in [6.45, 7) is 0.826. The highest BCUT2D eigenvalue weighted by Gasteiger charge is 2.19. The monoisotopic (exact) mass is 382 g/mol. The molecule has 0 radical (unpaired) electrons. The van der Waals surface area contributed by atoms with E-state index in [-0.39, 0.29) is 16.9 Å². The highest BCUT2D eigenvalue weighted by molar-refractivity contribution is 9.10. The first kappa shape index (κ1) is 15.1. The van der Waals surface area contributed by atoms with E-state index in [4.69, 9.17) is 0 Å². The van der Waals surface area contributed by atoms with Crippen LogP contribution in [-0.2, 0) is 13.0 Å². The Bertz CT molecular complexity index is 1010. The lowest BCUT2D eigenvalue weighted by atomic mass is 10.00. The van der Waals surface area contributed by atoms with Gasteiger partial charge in [-0.15, -0.1) is 0 Å². The second-order valence-corrected chi connectivity index (χ2v) is 6.86. The number of hydrogen-bond donors (Lipinski definition) is 1. The summed E-state index contributed by atoms with van der Waals surface area (Å²) >= 11 is 3.36. The SMILES string of the molecule is O=C(Nc1ccc(Br)cc1)c1cn2c3c(cccc3c1=O)CCC2. The van der Waals surface area contributed by atoms with Crippen LogP contribution in [0.5, 0.6) is 0 Å². The van der Waals surface area contributed by atoms with E-state index in [0.29, 0.717) is 11.1 Å². The zero-order chi connectivity index (χ0) is 16.7. The minimum Gasteiger partial charge on any atom is -0.346 e. The lowest BCUT2D eigenvalue weighted by Gasteiger charge is -2.20. The summed E-state index contributed by atoms with van der Waals surface area (Å²) in [6, 6.07) is 13.0. The van der Waals surface area contributed by atoms with Crippen molar-refractivity contribution in [2.75, 3.05) is 5.32 Å². The van der Waals surface area contributed by atoms with Crippen LogP contribution in [0.3, 0.4) is 0 Å². The molecule has 4 rings (SSSR count). The molecule has 2 heterocycles. The lowest BCUT2D eigenvalue weighted by molar-refractivity contribution is 0.102. The van der Waals surface area contributed by atoms with E-state index in [2.05, 4.69) is 27.3 Å². The van der Waals surface area contributed by atoms with Crippen LogP contribution in [0.2, 0.25) is 0 Å². The van der Waals surface area contributed by atoms with E-state index in [0.717, 1.165) is 29.4 Å². The third-order valence-corrected chi connectivity index (χ3v) is 4.90. The molecule has 120 valence electrons. The fraction of sp³-hybridized carbons (Fsp3) is 0.158. The molecule has 4 nitrogen and oxygen atoms in total. The van der Waals surface area contributed by atoms with Gasteiger partial charge in [-0.05, 0) is 48.7 Å². The maximum atomic E-state index is 12.8. The van der Waals surface area contributed by atoms with E-state index < -0.39 is 0 Å². The number of carbonyl (C=O) groups is 1. The first-order valence-electron chi connectivity index (χ1n) is 7.85. The number of hydrogen-bond acceptors (Lipinski definition) is 2. The molecule has 0 fully saturated rings. The van der Waals surface area contributed by atoms with Gasteiger partial charge in [0, 0.05) is 28.3 Å². The summed E-state index contributed by atoms with van der Waals surface area (Å²) in [5, 5.41) is 3.42. The number of para-hydroxylation sites is 1. The molecule has 1 aromatic heterocycles. The molecule has 1 aliphatic rings. The fourth-order valence-electron chi connectivity index (χ4n) is 3.25. The normalized spacial score (nSPS) is 13.0. The maximum Gasteiger partial charge on any atom is 0.261 e. The van der Waals surface area contributed by atoms with Crippen molar-refractivity contribution in [3.8, 4) is 0 Å². The number of carbonyl (C=O) groups excluding carboxylic acids is 1. The molecular formula is C19H15BrN2O2. The largest absolute Gasteiger partial charge is 0.346 e. The van der Waals surface area contributed by atoms with Crippen molar-refractivity contribution in [3.05, 3.63) is 74.5 Å². The minimum absolute atomic E-state index is 0.185. The van der Waals surface area contributed by atoms with Gasteiger partial charge < -0.3 is 9.88 Å². The van der Waals surface area contributed by atoms with Crippen LogP contribution >= 0.6 is 15.9 Å². The third kappa shape index (κ3) is 2.55. The predicted octanol–water partition coefficient (Wildman–Crippen LogP) is 3.96. The number of halogens is 1. The molecule has 0 unspecified atom stereocenters. The average Bonchev–Trinajstić information content (AvgIpc) is 2.60. The van der Waals surface area contributed by atoms with Crippen LogP contribution in [0.25, 0.3) is 10.9 Å². The molecule has 0 bridgehead atoms. The Hall–Kier alpha value is -2.40. The van der Waals surface area contributed by atoms with Crippen molar-refractivity contribution in [1.29, 1.82) is 0 Å². The van der Waals surface area contributed by atoms with Gasteiger partial charge in [-0.25, -0.2) is 0 Å². The quantitative estimate of drug-likeness (QED) is 0.728. The Morgan fingerprint density at radius 1 is 1.12 bits per heavy atom. The molecule has 0 saturated heterocycles. The second kappa shape index (κ2) is 5.91. The Morgan fingerprint density at radius 2 is 1.92 bits per heavy atom. The number of pyridine rings is 1. The fourth-order valence-corrected chi connectivity index (χ4v) is 3.51. The van der Waals surface area contributed by atoms with Gasteiger partial charge in [0.15, 0.2) is 0 Å². The van der Waals surface area contributed by atoms with Crippen LogP contribution in [-0.4, -0.2) is 10.5 Å². The van der Waals surface area contributed by atoms with Crippen molar-refractivity contribution >= 4 is 38.4 Å². The zero-order valence-electron chi connectivity index (χ0n) is 12.9. The number of nitrogens with zero attached hydrogens (tertiary/aromatic N) is 1. The number of nitrogens with one attached hydrogen (secondary N) is 1. The van der Waals surface area contributed by atoms with Crippen LogP contribution < -0.4 is 10.7 Å². The van der Waals surface area contributed by atoms with E-state index >= 15 is 0 Å². The molecule has 2 aromatic carbocycles. The summed E-state index contributed by atoms with van der Waals surface area (Å²) < 4.78 is 2.97. The molecule has 3 aromatic rings. The van der Waals surface area contributed by atoms with Crippen LogP contribution in [0.1, 0.15) is 22.3 Å². The van der Waals surface area contributed by atoms with Crippen LogP contribution in [0, 0.1) is 0 Å². The molecule has 0 atom stereocenters. The molecule has 0 spiro atoms. The standard InChI is InChI=1S/C19H15BrN2O2/c20-13-6-8-14(9-7-13)21-19(24)16-11-22-10-2-4-12-3-1-5-15(17(12)22)18(16)23/h1,3,5-9,11H,2,4,10H2,(H,21,24). The molecule has 1 aliphatic heterocycles. The van der Waals surface area contributed by atoms with Gasteiger partial charge in [-0.1, -0.05) is 28.1 Å². The van der Waals surface area contributed by atoms with E-state index in [1.165, 1.54) is 5.56 Å². The number of amides is 1. The second-order valence-electron chi connectivity index (χ2n) is 5.94.